The Bertz CT molecular complexity index is 293. The first kappa shape index (κ1) is 11.0. The van der Waals surface area contributed by atoms with Gasteiger partial charge in [-0.25, -0.2) is 0 Å². The molecule has 0 N–H and O–H groups in total. The molecule has 2 bridgehead atoms. The first-order valence-electron chi connectivity index (χ1n) is 5.92. The van der Waals surface area contributed by atoms with Gasteiger partial charge in [0.2, 0.25) is 0 Å². The Morgan fingerprint density at radius 3 is 2.00 bits per heavy atom. The second-order valence-corrected chi connectivity index (χ2v) is 21.4. The minimum atomic E-state index is -1.82. The summed E-state index contributed by atoms with van der Waals surface area (Å²) in [5.41, 5.74) is 1.11. The first-order chi connectivity index (χ1) is 6.19. The molecule has 0 radical (unpaired) electrons. The van der Waals surface area contributed by atoms with Crippen LogP contribution in [0.1, 0.15) is 33.6 Å². The number of hydrogen-bond acceptors (Lipinski definition) is 0. The molecule has 0 spiro atoms. The van der Waals surface area contributed by atoms with Crippen LogP contribution < -0.4 is 0 Å². The van der Waals surface area contributed by atoms with Crippen LogP contribution in [0.2, 0.25) is 14.8 Å². The molecular weight excluding hydrogens is 275 g/mol. The average molecular weight is 299 g/mol. The van der Waals surface area contributed by atoms with Crippen molar-refractivity contribution < 1.29 is 0 Å². The summed E-state index contributed by atoms with van der Waals surface area (Å²) in [4.78, 5) is 7.72. The summed E-state index contributed by atoms with van der Waals surface area (Å²) in [6.45, 7) is 7.52. The van der Waals surface area contributed by atoms with Crippen molar-refractivity contribution in [2.24, 2.45) is 16.7 Å². The van der Waals surface area contributed by atoms with Crippen LogP contribution >= 0.6 is 0 Å². The van der Waals surface area contributed by atoms with E-state index in [1.54, 1.807) is 0 Å². The molecule has 1 fully saturated rings. The Kier molecular flexibility index (Phi) is 2.21. The van der Waals surface area contributed by atoms with Crippen molar-refractivity contribution in [1.29, 1.82) is 0 Å². The van der Waals surface area contributed by atoms with E-state index in [-0.39, 0.29) is 0 Å². The average Bonchev–Trinajstić information content (AvgIpc) is 2.32. The van der Waals surface area contributed by atoms with Crippen molar-refractivity contribution >= 4 is 18.4 Å². The molecule has 0 amide bonds. The van der Waals surface area contributed by atoms with E-state index in [9.17, 15) is 0 Å². The van der Waals surface area contributed by atoms with Gasteiger partial charge in [-0.1, -0.05) is 0 Å². The van der Waals surface area contributed by atoms with Crippen molar-refractivity contribution in [3.63, 3.8) is 0 Å². The summed E-state index contributed by atoms with van der Waals surface area (Å²) < 4.78 is 1.92. The molecule has 0 aromatic rings. The van der Waals surface area contributed by atoms with Crippen LogP contribution in [0.5, 0.6) is 0 Å². The first-order valence-corrected chi connectivity index (χ1v) is 15.9. The van der Waals surface area contributed by atoms with Crippen LogP contribution in [0.25, 0.3) is 0 Å². The predicted molar refractivity (Wildman–Crippen MR) is 66.0 cm³/mol. The molecule has 14 heavy (non-hydrogen) atoms. The molecule has 2 rings (SSSR count). The van der Waals surface area contributed by atoms with Gasteiger partial charge in [0.1, 0.15) is 0 Å². The minimum absolute atomic E-state index is 0.548. The molecule has 2 aliphatic rings. The maximum absolute atomic E-state index is 2.68. The van der Waals surface area contributed by atoms with E-state index in [0.29, 0.717) is 10.8 Å². The molecule has 0 aromatic heterocycles. The Morgan fingerprint density at radius 2 is 1.79 bits per heavy atom. The van der Waals surface area contributed by atoms with E-state index in [1.807, 2.05) is 3.59 Å². The third kappa shape index (κ3) is 1.18. The number of rotatable bonds is 1. The second-order valence-electron chi connectivity index (χ2n) is 7.03. The zero-order chi connectivity index (χ0) is 10.8. The van der Waals surface area contributed by atoms with Crippen LogP contribution in [-0.4, -0.2) is 18.4 Å². The molecule has 0 nitrogen and oxygen atoms in total. The van der Waals surface area contributed by atoms with Crippen molar-refractivity contribution in [2.75, 3.05) is 0 Å². The van der Waals surface area contributed by atoms with Crippen molar-refractivity contribution in [1.82, 2.24) is 0 Å². The standard InChI is InChI=1S/C10H15.3CH3.Sn/c1-9(2)8-4-6-10(9,3)7-5-8;;;;/h4,8H,5,7H2,1-3H3;3*1H3;/t8-,10+;;;;/m0..../s1. The number of fused-ring (bicyclic) bond motifs is 2. The van der Waals surface area contributed by atoms with Crippen LogP contribution in [0.4, 0.5) is 0 Å². The van der Waals surface area contributed by atoms with E-state index in [4.69, 9.17) is 0 Å². The van der Waals surface area contributed by atoms with E-state index >= 15 is 0 Å². The Morgan fingerprint density at radius 1 is 1.21 bits per heavy atom. The van der Waals surface area contributed by atoms with E-state index in [0.717, 1.165) is 5.92 Å². The summed E-state index contributed by atoms with van der Waals surface area (Å²) in [6.07, 6.45) is 5.57. The summed E-state index contributed by atoms with van der Waals surface area (Å²) in [5.74, 6) is 0.887. The monoisotopic (exact) mass is 300 g/mol. The van der Waals surface area contributed by atoms with Gasteiger partial charge in [0.05, 0.1) is 0 Å². The molecule has 2 aliphatic carbocycles. The molecule has 0 aromatic carbocycles. The zero-order valence-electron chi connectivity index (χ0n) is 10.6. The molecule has 0 saturated heterocycles. The van der Waals surface area contributed by atoms with Gasteiger partial charge in [-0.2, -0.15) is 0 Å². The summed E-state index contributed by atoms with van der Waals surface area (Å²) >= 11 is -1.82. The van der Waals surface area contributed by atoms with Gasteiger partial charge in [-0.15, -0.1) is 0 Å². The zero-order valence-corrected chi connectivity index (χ0v) is 13.4. The van der Waals surface area contributed by atoms with Gasteiger partial charge < -0.3 is 0 Å². The normalized spacial score (nSPS) is 40.1. The van der Waals surface area contributed by atoms with E-state index < -0.39 is 18.4 Å². The van der Waals surface area contributed by atoms with Crippen molar-refractivity contribution in [2.45, 2.75) is 48.4 Å². The second kappa shape index (κ2) is 2.81. The van der Waals surface area contributed by atoms with Crippen molar-refractivity contribution in [3.8, 4) is 0 Å². The Hall–Kier alpha value is 0.539. The van der Waals surface area contributed by atoms with Gasteiger partial charge in [0, 0.05) is 0 Å². The summed E-state index contributed by atoms with van der Waals surface area (Å²) in [5, 5.41) is 0. The van der Waals surface area contributed by atoms with Crippen LogP contribution in [0, 0.1) is 16.7 Å². The Balaban J connectivity index is 2.47. The van der Waals surface area contributed by atoms with Gasteiger partial charge >= 0.3 is 93.2 Å². The van der Waals surface area contributed by atoms with Gasteiger partial charge in [0.25, 0.3) is 0 Å². The molecule has 1 saturated carbocycles. The van der Waals surface area contributed by atoms with Gasteiger partial charge in [0.15, 0.2) is 0 Å². The van der Waals surface area contributed by atoms with E-state index in [1.165, 1.54) is 12.8 Å². The van der Waals surface area contributed by atoms with Crippen molar-refractivity contribution in [3.05, 3.63) is 9.67 Å². The molecule has 2 atom stereocenters. The third-order valence-electron chi connectivity index (χ3n) is 5.07. The molecule has 0 aliphatic heterocycles. The molecular formula is C13H24Sn. The molecule has 80 valence electrons. The van der Waals surface area contributed by atoms with Crippen LogP contribution in [0.3, 0.4) is 0 Å². The molecule has 1 heteroatoms. The molecule has 0 heterocycles. The van der Waals surface area contributed by atoms with Gasteiger partial charge in [-0.05, 0) is 0 Å². The van der Waals surface area contributed by atoms with Crippen LogP contribution in [-0.2, 0) is 0 Å². The summed E-state index contributed by atoms with van der Waals surface area (Å²) in [7, 11) is 0. The maximum atomic E-state index is 2.68. The van der Waals surface area contributed by atoms with Gasteiger partial charge in [-0.3, -0.25) is 0 Å². The Labute approximate surface area is 93.0 Å². The topological polar surface area (TPSA) is 0 Å². The number of allylic oxidation sites excluding steroid dienone is 2. The van der Waals surface area contributed by atoms with E-state index in [2.05, 4.69) is 41.7 Å². The fourth-order valence-electron chi connectivity index (χ4n) is 3.77. The number of hydrogen-bond donors (Lipinski definition) is 0. The summed E-state index contributed by atoms with van der Waals surface area (Å²) in [6, 6.07) is 0. The predicted octanol–water partition coefficient (Wildman–Crippen LogP) is 4.25. The fourth-order valence-corrected chi connectivity index (χ4v) is 11.8. The third-order valence-corrected chi connectivity index (χ3v) is 11.7. The quantitative estimate of drug-likeness (QED) is 0.635. The van der Waals surface area contributed by atoms with Crippen LogP contribution in [0.15, 0.2) is 9.67 Å². The fraction of sp³-hybridized carbons (Fsp3) is 0.846. The SMILES string of the molecule is CC1(C)[C@H]2C=[C]([Sn]([CH3])([CH3])[CH3])[C@]1(C)CC2. The molecule has 0 unspecified atom stereocenters.